The summed E-state index contributed by atoms with van der Waals surface area (Å²) in [4.78, 5) is 12.7. The molecule has 0 radical (unpaired) electrons. The van der Waals surface area contributed by atoms with Gasteiger partial charge in [-0.3, -0.25) is 0 Å². The topological polar surface area (TPSA) is 43.1 Å². The van der Waals surface area contributed by atoms with Gasteiger partial charge >= 0.3 is 184 Å². The first-order valence-electron chi connectivity index (χ1n) is 9.65. The Hall–Kier alpha value is -2.81. The van der Waals surface area contributed by atoms with Crippen LogP contribution in [0.3, 0.4) is 0 Å². The molecule has 0 aliphatic rings. The van der Waals surface area contributed by atoms with E-state index in [1.807, 2.05) is 121 Å². The average Bonchev–Trinajstić information content (AvgIpc) is 2.81. The summed E-state index contributed by atoms with van der Waals surface area (Å²) in [5.74, 6) is -0.996. The van der Waals surface area contributed by atoms with E-state index in [1.165, 1.54) is 0 Å². The molecular weight excluding hydrogens is 457 g/mol. The number of hydrogen-bond donors (Lipinski definition) is 0. The van der Waals surface area contributed by atoms with Gasteiger partial charge in [0, 0.05) is 0 Å². The predicted molar refractivity (Wildman–Crippen MR) is 130 cm³/mol. The zero-order valence-corrected chi connectivity index (χ0v) is 18.7. The summed E-state index contributed by atoms with van der Waals surface area (Å²) in [5.41, 5.74) is 0.675. The first-order chi connectivity index (χ1) is 14.6. The van der Waals surface area contributed by atoms with Crippen LogP contribution in [0.5, 0.6) is 0 Å². The third-order valence-corrected chi connectivity index (χ3v) is 15.7. The summed E-state index contributed by atoms with van der Waals surface area (Å²) in [5, 5.41) is 11.9. The van der Waals surface area contributed by atoms with Crippen LogP contribution in [0.4, 0.5) is 0 Å². The van der Waals surface area contributed by atoms with Crippen molar-refractivity contribution in [2.24, 2.45) is 0 Å². The molecule has 0 saturated heterocycles. The van der Waals surface area contributed by atoms with Crippen molar-refractivity contribution in [3.8, 4) is 0 Å². The fraction of sp³-hybridized carbons (Fsp3) is 0.0400. The van der Waals surface area contributed by atoms with Crippen molar-refractivity contribution in [2.45, 2.75) is 5.78 Å². The van der Waals surface area contributed by atoms with E-state index in [0.717, 1.165) is 15.9 Å². The van der Waals surface area contributed by atoms with Crippen LogP contribution < -0.4 is 15.9 Å². The van der Waals surface area contributed by atoms with Gasteiger partial charge in [-0.1, -0.05) is 0 Å². The minimum atomic E-state index is -3.77. The fourth-order valence-electron chi connectivity index (χ4n) is 4.23. The molecule has 0 aliphatic heterocycles. The van der Waals surface area contributed by atoms with Crippen molar-refractivity contribution in [2.75, 3.05) is 0 Å². The van der Waals surface area contributed by atoms with Crippen molar-refractivity contribution in [3.63, 3.8) is 0 Å². The van der Waals surface area contributed by atoms with Gasteiger partial charge in [-0.05, 0) is 0 Å². The standard InChI is InChI=1S/C25H21BrNO2P/c26-30(22-15-7-2-8-16-22,23-17-9-3-10-18-23,24-19-11-4-12-20-24)25(27(28)29)21-13-5-1-6-14-21/h1-20,25H. The quantitative estimate of drug-likeness (QED) is 0.200. The van der Waals surface area contributed by atoms with E-state index in [-0.39, 0.29) is 4.92 Å². The number of nitrogens with zero attached hydrogens (tertiary/aromatic N) is 1. The minimum absolute atomic E-state index is 0.130. The Labute approximate surface area is 184 Å². The predicted octanol–water partition coefficient (Wildman–Crippen LogP) is 5.80. The molecule has 150 valence electrons. The van der Waals surface area contributed by atoms with Gasteiger partial charge in [-0.2, -0.15) is 0 Å². The molecule has 0 amide bonds. The second-order valence-electron chi connectivity index (χ2n) is 7.15. The normalized spacial score (nSPS) is 13.7. The molecule has 4 aromatic carbocycles. The average molecular weight is 478 g/mol. The molecule has 0 bridgehead atoms. The number of rotatable bonds is 6. The van der Waals surface area contributed by atoms with Crippen LogP contribution in [0, 0.1) is 10.1 Å². The van der Waals surface area contributed by atoms with Crippen LogP contribution in [0.25, 0.3) is 0 Å². The Morgan fingerprint density at radius 1 is 0.600 bits per heavy atom. The van der Waals surface area contributed by atoms with Crippen molar-refractivity contribution >= 4 is 36.7 Å². The molecule has 4 aromatic rings. The van der Waals surface area contributed by atoms with E-state index in [2.05, 4.69) is 15.5 Å². The van der Waals surface area contributed by atoms with Gasteiger partial charge in [0.05, 0.1) is 0 Å². The van der Waals surface area contributed by atoms with Crippen LogP contribution in [-0.2, 0) is 0 Å². The van der Waals surface area contributed by atoms with Crippen LogP contribution in [0.2, 0.25) is 0 Å². The number of nitro groups is 1. The van der Waals surface area contributed by atoms with Gasteiger partial charge in [0.25, 0.3) is 0 Å². The summed E-state index contributed by atoms with van der Waals surface area (Å²) in [6.45, 7) is 0. The van der Waals surface area contributed by atoms with E-state index in [1.54, 1.807) is 0 Å². The number of hydrogen-bond acceptors (Lipinski definition) is 2. The maximum absolute atomic E-state index is 12.9. The fourth-order valence-corrected chi connectivity index (χ4v) is 12.6. The molecule has 4 rings (SSSR count). The third-order valence-electron chi connectivity index (χ3n) is 5.54. The molecule has 3 nitrogen and oxygen atoms in total. The molecule has 0 fully saturated rings. The summed E-state index contributed by atoms with van der Waals surface area (Å²) in [6, 6.07) is 38.9. The SMILES string of the molecule is O=[N+]([O-])C(c1ccccc1)P(Br)(c1ccccc1)(c1ccccc1)c1ccccc1. The molecule has 1 unspecified atom stereocenters. The van der Waals surface area contributed by atoms with Gasteiger partial charge < -0.3 is 0 Å². The van der Waals surface area contributed by atoms with Gasteiger partial charge in [0.1, 0.15) is 0 Å². The molecule has 0 aromatic heterocycles. The molecule has 5 heteroatoms. The first kappa shape index (κ1) is 20.5. The monoisotopic (exact) mass is 477 g/mol. The summed E-state index contributed by atoms with van der Waals surface area (Å²) < 4.78 is 0. The van der Waals surface area contributed by atoms with Gasteiger partial charge in [0.2, 0.25) is 0 Å². The Kier molecular flexibility index (Phi) is 5.55. The van der Waals surface area contributed by atoms with Gasteiger partial charge in [-0.25, -0.2) is 0 Å². The van der Waals surface area contributed by atoms with Crippen LogP contribution in [-0.4, -0.2) is 4.92 Å². The summed E-state index contributed by atoms with van der Waals surface area (Å²) in [7, 11) is 0. The van der Waals surface area contributed by atoms with Crippen LogP contribution in [0.1, 0.15) is 11.3 Å². The zero-order chi connectivity index (χ0) is 21.1. The number of benzene rings is 4. The Morgan fingerprint density at radius 2 is 0.900 bits per heavy atom. The van der Waals surface area contributed by atoms with E-state index in [9.17, 15) is 10.1 Å². The van der Waals surface area contributed by atoms with E-state index in [4.69, 9.17) is 0 Å². The Balaban J connectivity index is 2.24. The second-order valence-corrected chi connectivity index (χ2v) is 15.8. The third kappa shape index (κ3) is 3.08. The zero-order valence-electron chi connectivity index (χ0n) is 16.2. The first-order valence-corrected chi connectivity index (χ1v) is 14.0. The maximum atomic E-state index is 12.9. The van der Waals surface area contributed by atoms with Crippen molar-refractivity contribution in [1.29, 1.82) is 0 Å². The molecule has 1 atom stereocenters. The summed E-state index contributed by atoms with van der Waals surface area (Å²) >= 11 is 4.21. The van der Waals surface area contributed by atoms with E-state index < -0.39 is 11.1 Å². The van der Waals surface area contributed by atoms with Crippen molar-refractivity contribution in [1.82, 2.24) is 0 Å². The Bertz CT molecular complexity index is 1040. The van der Waals surface area contributed by atoms with Gasteiger partial charge in [0.15, 0.2) is 0 Å². The van der Waals surface area contributed by atoms with Crippen LogP contribution in [0.15, 0.2) is 121 Å². The van der Waals surface area contributed by atoms with Crippen LogP contribution >= 0.6 is 20.8 Å². The van der Waals surface area contributed by atoms with Crippen molar-refractivity contribution < 1.29 is 4.92 Å². The number of halogens is 1. The van der Waals surface area contributed by atoms with Crippen molar-refractivity contribution in [3.05, 3.63) is 137 Å². The summed E-state index contributed by atoms with van der Waals surface area (Å²) in [6.07, 6.45) is 0. The molecule has 0 N–H and O–H groups in total. The molecule has 30 heavy (non-hydrogen) atoms. The Morgan fingerprint density at radius 3 is 1.20 bits per heavy atom. The van der Waals surface area contributed by atoms with Gasteiger partial charge in [-0.15, -0.1) is 0 Å². The van der Waals surface area contributed by atoms with E-state index in [0.29, 0.717) is 5.56 Å². The molecule has 0 saturated carbocycles. The molecular formula is C25H21BrNO2P. The molecule has 0 spiro atoms. The molecule has 0 heterocycles. The molecule has 0 aliphatic carbocycles. The van der Waals surface area contributed by atoms with E-state index >= 15 is 0 Å². The second kappa shape index (κ2) is 8.14.